The van der Waals surface area contributed by atoms with Gasteiger partial charge in [0.05, 0.1) is 12.2 Å². The van der Waals surface area contributed by atoms with Gasteiger partial charge in [0.1, 0.15) is 12.1 Å². The Hall–Kier alpha value is -5.29. The molecular weight excluding hydrogens is 652 g/mol. The highest BCUT2D eigenvalue weighted by molar-refractivity contribution is 5.96. The van der Waals surface area contributed by atoms with E-state index >= 15 is 0 Å². The summed E-state index contributed by atoms with van der Waals surface area (Å²) in [5.41, 5.74) is 0.146. The molecule has 2 aromatic rings. The fourth-order valence-corrected chi connectivity index (χ4v) is 5.82. The molecule has 3 aliphatic rings. The third kappa shape index (κ3) is 8.42. The molecule has 1 aromatic heterocycles. The molecule has 0 radical (unpaired) electrons. The van der Waals surface area contributed by atoms with E-state index in [9.17, 15) is 47.8 Å². The van der Waals surface area contributed by atoms with Gasteiger partial charge in [0.25, 0.3) is 17.7 Å². The number of carboxylic acid groups (broad SMARTS) is 2. The van der Waals surface area contributed by atoms with Gasteiger partial charge < -0.3 is 39.9 Å². The Morgan fingerprint density at radius 1 is 1.04 bits per heavy atom. The summed E-state index contributed by atoms with van der Waals surface area (Å²) < 4.78 is 35.9. The van der Waals surface area contributed by atoms with Crippen LogP contribution < -0.4 is 10.1 Å². The van der Waals surface area contributed by atoms with Crippen molar-refractivity contribution in [2.75, 3.05) is 46.4 Å². The van der Waals surface area contributed by atoms with E-state index in [0.717, 1.165) is 22.6 Å². The minimum atomic E-state index is -3.27. The van der Waals surface area contributed by atoms with E-state index in [-0.39, 0.29) is 50.2 Å². The summed E-state index contributed by atoms with van der Waals surface area (Å²) >= 11 is 0. The number of likely N-dealkylation sites (N-methyl/N-ethyl adjacent to an activating group) is 1. The molecule has 0 bridgehead atoms. The van der Waals surface area contributed by atoms with Crippen molar-refractivity contribution in [3.63, 3.8) is 0 Å². The lowest BCUT2D eigenvalue weighted by atomic mass is 10.1. The van der Waals surface area contributed by atoms with Crippen molar-refractivity contribution in [3.8, 4) is 11.6 Å². The summed E-state index contributed by atoms with van der Waals surface area (Å²) in [7, 11) is 1.53. The molecule has 16 nitrogen and oxygen atoms in total. The average Bonchev–Trinajstić information content (AvgIpc) is 3.76. The Morgan fingerprint density at radius 2 is 1.69 bits per heavy atom. The number of aliphatic carboxylic acids is 1. The number of piperazine rings is 1. The minimum Gasteiger partial charge on any atom is -0.481 e. The highest BCUT2D eigenvalue weighted by Crippen LogP contribution is 2.35. The van der Waals surface area contributed by atoms with Gasteiger partial charge >= 0.3 is 12.1 Å². The second kappa shape index (κ2) is 14.4. The van der Waals surface area contributed by atoms with Crippen molar-refractivity contribution in [2.24, 2.45) is 0 Å². The van der Waals surface area contributed by atoms with Crippen molar-refractivity contribution in [2.45, 2.75) is 56.2 Å². The van der Waals surface area contributed by atoms with Gasteiger partial charge in [-0.3, -0.25) is 24.0 Å². The number of amides is 5. The molecule has 2 atom stereocenters. The van der Waals surface area contributed by atoms with Crippen LogP contribution in [0, 0.1) is 0 Å². The van der Waals surface area contributed by atoms with Crippen molar-refractivity contribution in [3.05, 3.63) is 42.1 Å². The summed E-state index contributed by atoms with van der Waals surface area (Å²) in [5, 5.41) is 25.2. The molecule has 1 aliphatic carbocycles. The van der Waals surface area contributed by atoms with E-state index < -0.39 is 79.7 Å². The number of ether oxygens (including phenoxy) is 1. The van der Waals surface area contributed by atoms with Gasteiger partial charge in [0.2, 0.25) is 17.7 Å². The first-order chi connectivity index (χ1) is 23.2. The van der Waals surface area contributed by atoms with Gasteiger partial charge in [-0.2, -0.15) is 5.10 Å². The molecule has 264 valence electrons. The predicted molar refractivity (Wildman–Crippen MR) is 164 cm³/mol. The maximum atomic E-state index is 14.5. The van der Waals surface area contributed by atoms with Gasteiger partial charge in [0.15, 0.2) is 12.3 Å². The van der Waals surface area contributed by atoms with Crippen LogP contribution in [0.25, 0.3) is 5.69 Å². The average molecular weight is 690 g/mol. The SMILES string of the molecule is CN(C(=O)[C@@H]1CC(F)(F)CN1C(=O)COc1cc(C(=O)N[C@@H](CCC(=O)O)C(=O)N2CCN(C(=O)O)CC2)nn1-c1ccccc1)C1CC1. The highest BCUT2D eigenvalue weighted by Gasteiger charge is 2.51. The number of carboxylic acids is 1. The second-order valence-corrected chi connectivity index (χ2v) is 12.2. The number of nitrogens with zero attached hydrogens (tertiary/aromatic N) is 6. The Kier molecular flexibility index (Phi) is 10.3. The number of hydrogen-bond donors (Lipinski definition) is 3. The summed E-state index contributed by atoms with van der Waals surface area (Å²) in [4.78, 5) is 80.3. The molecule has 1 aromatic carbocycles. The lowest BCUT2D eigenvalue weighted by molar-refractivity contribution is -0.144. The van der Waals surface area contributed by atoms with Crippen LogP contribution in [0.1, 0.15) is 42.6 Å². The normalized spacial score (nSPS) is 19.2. The molecular formula is C31H37F2N7O9. The Labute approximate surface area is 279 Å². The largest absolute Gasteiger partial charge is 0.481 e. The van der Waals surface area contributed by atoms with Crippen molar-refractivity contribution in [1.82, 2.24) is 34.7 Å². The zero-order chi connectivity index (χ0) is 35.5. The maximum Gasteiger partial charge on any atom is 0.407 e. The van der Waals surface area contributed by atoms with E-state index in [2.05, 4.69) is 10.4 Å². The first-order valence-electron chi connectivity index (χ1n) is 15.8. The summed E-state index contributed by atoms with van der Waals surface area (Å²) in [6.07, 6.45) is -1.12. The second-order valence-electron chi connectivity index (χ2n) is 12.2. The number of carbonyl (C=O) groups is 6. The van der Waals surface area contributed by atoms with Crippen LogP contribution in [-0.2, 0) is 19.2 Å². The lowest BCUT2D eigenvalue weighted by Crippen LogP contribution is -2.55. The molecule has 1 saturated carbocycles. The number of halogens is 2. The minimum absolute atomic E-state index is 0.0408. The van der Waals surface area contributed by atoms with Crippen LogP contribution >= 0.6 is 0 Å². The molecule has 5 amide bonds. The van der Waals surface area contributed by atoms with E-state index in [1.54, 1.807) is 30.3 Å². The monoisotopic (exact) mass is 689 g/mol. The Balaban J connectivity index is 1.32. The van der Waals surface area contributed by atoms with Crippen LogP contribution in [0.4, 0.5) is 13.6 Å². The van der Waals surface area contributed by atoms with E-state index in [1.165, 1.54) is 27.6 Å². The number of likely N-dealkylation sites (tertiary alicyclic amines) is 1. The number of benzene rings is 1. The van der Waals surface area contributed by atoms with Gasteiger partial charge in [-0.25, -0.2) is 18.3 Å². The van der Waals surface area contributed by atoms with Gasteiger partial charge in [-0.15, -0.1) is 0 Å². The highest BCUT2D eigenvalue weighted by atomic mass is 19.3. The molecule has 2 saturated heterocycles. The van der Waals surface area contributed by atoms with Crippen LogP contribution in [0.3, 0.4) is 0 Å². The summed E-state index contributed by atoms with van der Waals surface area (Å²) in [6, 6.07) is 6.83. The number of para-hydroxylation sites is 1. The van der Waals surface area contributed by atoms with Crippen LogP contribution in [0.2, 0.25) is 0 Å². The molecule has 2 aliphatic heterocycles. The number of nitrogens with one attached hydrogen (secondary N) is 1. The van der Waals surface area contributed by atoms with Crippen molar-refractivity contribution >= 4 is 35.7 Å². The quantitative estimate of drug-likeness (QED) is 0.288. The van der Waals surface area contributed by atoms with Crippen LogP contribution in [0.15, 0.2) is 36.4 Å². The standard InChI is InChI=1S/C31H37F2N7O9/c1-36(19-7-8-19)29(46)23-16-31(32,33)18-39(23)24(41)17-49-25-15-22(35-40(25)20-5-3-2-4-6-20)27(44)34-21(9-10-26(42)43)28(45)37-11-13-38(14-12-37)30(47)48/h2-6,15,19,21,23H,7-14,16-18H2,1H3,(H,34,44)(H,42,43)(H,47,48)/t21-,23-/m0/s1. The number of rotatable bonds is 12. The zero-order valence-electron chi connectivity index (χ0n) is 26.7. The topological polar surface area (TPSA) is 195 Å². The fraction of sp³-hybridized carbons (Fsp3) is 0.516. The fourth-order valence-electron chi connectivity index (χ4n) is 5.82. The van der Waals surface area contributed by atoms with Gasteiger partial charge in [-0.1, -0.05) is 18.2 Å². The molecule has 18 heteroatoms. The van der Waals surface area contributed by atoms with Crippen molar-refractivity contribution < 1.29 is 52.5 Å². The molecule has 49 heavy (non-hydrogen) atoms. The van der Waals surface area contributed by atoms with Crippen LogP contribution in [0.5, 0.6) is 5.88 Å². The number of aromatic nitrogens is 2. The third-order valence-corrected chi connectivity index (χ3v) is 8.68. The Bertz CT molecular complexity index is 1590. The van der Waals surface area contributed by atoms with E-state index in [4.69, 9.17) is 4.74 Å². The molecule has 0 unspecified atom stereocenters. The van der Waals surface area contributed by atoms with E-state index in [0.29, 0.717) is 5.69 Å². The number of alkyl halides is 2. The Morgan fingerprint density at radius 3 is 2.31 bits per heavy atom. The van der Waals surface area contributed by atoms with Gasteiger partial charge in [0, 0.05) is 58.2 Å². The molecule has 0 spiro atoms. The third-order valence-electron chi connectivity index (χ3n) is 8.68. The first kappa shape index (κ1) is 35.0. The van der Waals surface area contributed by atoms with Crippen molar-refractivity contribution in [1.29, 1.82) is 0 Å². The number of hydrogen-bond acceptors (Lipinski definition) is 8. The zero-order valence-corrected chi connectivity index (χ0v) is 26.7. The number of carbonyl (C=O) groups excluding carboxylic acids is 4. The molecule has 3 fully saturated rings. The molecule has 5 rings (SSSR count). The summed E-state index contributed by atoms with van der Waals surface area (Å²) in [5.74, 6) is -7.49. The first-order valence-corrected chi connectivity index (χ1v) is 15.8. The van der Waals surface area contributed by atoms with Crippen LogP contribution in [-0.4, -0.2) is 146 Å². The lowest BCUT2D eigenvalue weighted by Gasteiger charge is -2.35. The molecule has 3 N–H and O–H groups in total. The summed E-state index contributed by atoms with van der Waals surface area (Å²) in [6.45, 7) is -1.52. The maximum absolute atomic E-state index is 14.5. The molecule has 3 heterocycles. The van der Waals surface area contributed by atoms with E-state index in [1.807, 2.05) is 0 Å². The smallest absolute Gasteiger partial charge is 0.407 e. The van der Waals surface area contributed by atoms with Gasteiger partial charge in [-0.05, 0) is 31.4 Å². The predicted octanol–water partition coefficient (Wildman–Crippen LogP) is 0.894.